The fraction of sp³-hybridized carbons (Fsp3) is 0.222. The van der Waals surface area contributed by atoms with E-state index in [1.807, 2.05) is 13.8 Å². The molecule has 2 aromatic rings. The lowest BCUT2D eigenvalue weighted by Crippen LogP contribution is -2.24. The Morgan fingerprint density at radius 2 is 2.08 bits per heavy atom. The normalized spacial score (nSPS) is 15.3. The molecular formula is C18H17FN2O5. The zero-order valence-corrected chi connectivity index (χ0v) is 14.1. The maximum atomic E-state index is 14.1. The predicted octanol–water partition coefficient (Wildman–Crippen LogP) is 3.12. The van der Waals surface area contributed by atoms with Crippen molar-refractivity contribution in [2.75, 3.05) is 0 Å². The van der Waals surface area contributed by atoms with Crippen LogP contribution in [-0.2, 0) is 6.42 Å². The minimum absolute atomic E-state index is 0.00482. The number of carboxylic acid groups (broad SMARTS) is 1. The number of ether oxygens (including phenoxy) is 2. The Hall–Kier alpha value is -3.29. The summed E-state index contributed by atoms with van der Waals surface area (Å²) >= 11 is 0. The molecule has 0 aliphatic carbocycles. The van der Waals surface area contributed by atoms with Gasteiger partial charge in [-0.05, 0) is 38.1 Å². The number of rotatable bonds is 4. The van der Waals surface area contributed by atoms with Gasteiger partial charge in [0, 0.05) is 18.1 Å². The number of hydrogen-bond donors (Lipinski definition) is 3. The first-order chi connectivity index (χ1) is 12.2. The highest BCUT2D eigenvalue weighted by molar-refractivity contribution is 5.97. The molecule has 0 aromatic heterocycles. The highest BCUT2D eigenvalue weighted by atomic mass is 19.1. The molecule has 0 saturated carbocycles. The molecule has 0 radical (unpaired) electrons. The summed E-state index contributed by atoms with van der Waals surface area (Å²) in [6, 6.07) is 6.65. The molecule has 7 nitrogen and oxygen atoms in total. The van der Waals surface area contributed by atoms with Crippen LogP contribution in [-0.4, -0.2) is 27.7 Å². The maximum Gasteiger partial charge on any atom is 0.335 e. The van der Waals surface area contributed by atoms with Crippen LogP contribution >= 0.6 is 0 Å². The molecule has 0 amide bonds. The van der Waals surface area contributed by atoms with Gasteiger partial charge in [-0.15, -0.1) is 0 Å². The number of carboxylic acids is 1. The Balaban J connectivity index is 2.00. The third kappa shape index (κ3) is 3.26. The van der Waals surface area contributed by atoms with Gasteiger partial charge in [0.05, 0.1) is 11.1 Å². The second-order valence-corrected chi connectivity index (χ2v) is 6.52. The average Bonchev–Trinajstić information content (AvgIpc) is 2.88. The SMILES string of the molecule is CC1(C)Cc2c(Oc3ccc(C(N)=NO)c(F)c3)cc(C(=O)O)cc2O1. The van der Waals surface area contributed by atoms with Crippen molar-refractivity contribution in [2.45, 2.75) is 25.9 Å². The van der Waals surface area contributed by atoms with Crippen molar-refractivity contribution in [3.05, 3.63) is 52.8 Å². The minimum Gasteiger partial charge on any atom is -0.487 e. The van der Waals surface area contributed by atoms with Gasteiger partial charge in [-0.2, -0.15) is 0 Å². The molecule has 1 aliphatic heterocycles. The molecule has 1 heterocycles. The third-order valence-corrected chi connectivity index (χ3v) is 3.96. The lowest BCUT2D eigenvalue weighted by molar-refractivity contribution is 0.0695. The summed E-state index contributed by atoms with van der Waals surface area (Å²) in [5.74, 6) is -1.37. The van der Waals surface area contributed by atoms with E-state index in [0.717, 1.165) is 6.07 Å². The maximum absolute atomic E-state index is 14.1. The third-order valence-electron chi connectivity index (χ3n) is 3.96. The Bertz CT molecular complexity index is 924. The van der Waals surface area contributed by atoms with E-state index in [4.69, 9.17) is 20.4 Å². The topological polar surface area (TPSA) is 114 Å². The van der Waals surface area contributed by atoms with E-state index in [9.17, 15) is 14.3 Å². The average molecular weight is 360 g/mol. The van der Waals surface area contributed by atoms with Crippen LogP contribution in [0, 0.1) is 5.82 Å². The molecule has 0 atom stereocenters. The fourth-order valence-electron chi connectivity index (χ4n) is 2.81. The molecule has 0 spiro atoms. The van der Waals surface area contributed by atoms with Crippen LogP contribution in [0.2, 0.25) is 0 Å². The van der Waals surface area contributed by atoms with Gasteiger partial charge >= 0.3 is 5.97 Å². The molecule has 0 fully saturated rings. The van der Waals surface area contributed by atoms with Crippen molar-refractivity contribution in [3.8, 4) is 17.2 Å². The number of amidine groups is 1. The van der Waals surface area contributed by atoms with E-state index in [0.29, 0.717) is 17.7 Å². The van der Waals surface area contributed by atoms with E-state index in [1.54, 1.807) is 0 Å². The second kappa shape index (κ2) is 6.21. The Labute approximate surface area is 148 Å². The lowest BCUT2D eigenvalue weighted by atomic mass is 10.00. The lowest BCUT2D eigenvalue weighted by Gasteiger charge is -2.16. The van der Waals surface area contributed by atoms with Crippen LogP contribution < -0.4 is 15.2 Å². The Morgan fingerprint density at radius 1 is 1.35 bits per heavy atom. The van der Waals surface area contributed by atoms with Gasteiger partial charge in [-0.1, -0.05) is 5.16 Å². The highest BCUT2D eigenvalue weighted by Crippen LogP contribution is 2.43. The number of aromatic carboxylic acids is 1. The zero-order valence-electron chi connectivity index (χ0n) is 14.1. The molecule has 1 aliphatic rings. The fourth-order valence-corrected chi connectivity index (χ4v) is 2.81. The van der Waals surface area contributed by atoms with Crippen LogP contribution in [0.3, 0.4) is 0 Å². The number of hydrogen-bond acceptors (Lipinski definition) is 5. The van der Waals surface area contributed by atoms with Gasteiger partial charge in [-0.3, -0.25) is 0 Å². The first-order valence-corrected chi connectivity index (χ1v) is 7.75. The smallest absolute Gasteiger partial charge is 0.335 e. The van der Waals surface area contributed by atoms with Crippen molar-refractivity contribution in [1.82, 2.24) is 0 Å². The summed E-state index contributed by atoms with van der Waals surface area (Å²) in [5, 5.41) is 20.7. The van der Waals surface area contributed by atoms with Crippen molar-refractivity contribution in [3.63, 3.8) is 0 Å². The van der Waals surface area contributed by atoms with E-state index in [2.05, 4.69) is 5.16 Å². The first kappa shape index (κ1) is 17.5. The monoisotopic (exact) mass is 360 g/mol. The zero-order chi connectivity index (χ0) is 19.1. The van der Waals surface area contributed by atoms with Gasteiger partial charge in [0.1, 0.15) is 28.7 Å². The number of fused-ring (bicyclic) bond motifs is 1. The number of nitrogens with two attached hydrogens (primary N) is 1. The number of carbonyl (C=O) groups is 1. The van der Waals surface area contributed by atoms with Crippen LogP contribution in [0.5, 0.6) is 17.2 Å². The van der Waals surface area contributed by atoms with Crippen LogP contribution in [0.1, 0.15) is 35.3 Å². The standard InChI is InChI=1S/C18H17FN2O5/c1-18(2)8-12-14(5-9(17(22)23)6-15(12)26-18)25-10-3-4-11(13(19)7-10)16(20)21-24/h3-7,24H,8H2,1-2H3,(H2,20,21)(H,22,23). The summed E-state index contributed by atoms with van der Waals surface area (Å²) in [6.07, 6.45) is 0.516. The molecule has 0 saturated heterocycles. The van der Waals surface area contributed by atoms with Crippen molar-refractivity contribution in [2.24, 2.45) is 10.9 Å². The molecule has 2 aromatic carbocycles. The largest absolute Gasteiger partial charge is 0.487 e. The molecule has 8 heteroatoms. The summed E-state index contributed by atoms with van der Waals surface area (Å²) in [4.78, 5) is 11.4. The molecule has 0 unspecified atom stereocenters. The molecular weight excluding hydrogens is 343 g/mol. The van der Waals surface area contributed by atoms with Crippen LogP contribution in [0.4, 0.5) is 4.39 Å². The highest BCUT2D eigenvalue weighted by Gasteiger charge is 2.34. The minimum atomic E-state index is -1.13. The van der Waals surface area contributed by atoms with Crippen molar-refractivity contribution in [1.29, 1.82) is 0 Å². The first-order valence-electron chi connectivity index (χ1n) is 7.75. The molecule has 4 N–H and O–H groups in total. The van der Waals surface area contributed by atoms with Crippen molar-refractivity contribution >= 4 is 11.8 Å². The second-order valence-electron chi connectivity index (χ2n) is 6.52. The quantitative estimate of drug-likeness (QED) is 0.334. The van der Waals surface area contributed by atoms with E-state index >= 15 is 0 Å². The number of halogens is 1. The van der Waals surface area contributed by atoms with E-state index < -0.39 is 17.4 Å². The number of oxime groups is 1. The summed E-state index contributed by atoms with van der Waals surface area (Å²) in [7, 11) is 0. The summed E-state index contributed by atoms with van der Waals surface area (Å²) in [5.41, 5.74) is 5.53. The van der Waals surface area contributed by atoms with Crippen molar-refractivity contribution < 1.29 is 29.0 Å². The molecule has 26 heavy (non-hydrogen) atoms. The van der Waals surface area contributed by atoms with Gasteiger partial charge in [-0.25, -0.2) is 9.18 Å². The predicted molar refractivity (Wildman–Crippen MR) is 90.8 cm³/mol. The number of benzene rings is 2. The summed E-state index contributed by atoms with van der Waals surface area (Å²) < 4.78 is 25.6. The summed E-state index contributed by atoms with van der Waals surface area (Å²) in [6.45, 7) is 3.76. The Morgan fingerprint density at radius 3 is 2.69 bits per heavy atom. The van der Waals surface area contributed by atoms with Gasteiger partial charge < -0.3 is 25.5 Å². The molecule has 0 bridgehead atoms. The van der Waals surface area contributed by atoms with E-state index in [-0.39, 0.29) is 28.5 Å². The van der Waals surface area contributed by atoms with Gasteiger partial charge in [0.15, 0.2) is 5.84 Å². The van der Waals surface area contributed by atoms with Gasteiger partial charge in [0.25, 0.3) is 0 Å². The Kier molecular flexibility index (Phi) is 4.19. The number of nitrogens with zero attached hydrogens (tertiary/aromatic N) is 1. The van der Waals surface area contributed by atoms with Gasteiger partial charge in [0.2, 0.25) is 0 Å². The van der Waals surface area contributed by atoms with Crippen LogP contribution in [0.25, 0.3) is 0 Å². The molecule has 136 valence electrons. The molecule has 3 rings (SSSR count). The van der Waals surface area contributed by atoms with Crippen LogP contribution in [0.15, 0.2) is 35.5 Å². The van der Waals surface area contributed by atoms with E-state index in [1.165, 1.54) is 24.3 Å².